The first-order chi connectivity index (χ1) is 14.6. The number of alkyl halides is 3. The molecule has 1 atom stereocenters. The van der Waals surface area contributed by atoms with Gasteiger partial charge in [-0.05, 0) is 43.3 Å². The maximum Gasteiger partial charge on any atom is 0.416 e. The van der Waals surface area contributed by atoms with E-state index < -0.39 is 35.1 Å². The number of carbonyl (C=O) groups excluding carboxylic acids is 1. The Kier molecular flexibility index (Phi) is 6.21. The zero-order valence-corrected chi connectivity index (χ0v) is 16.2. The molecule has 3 rings (SSSR count). The molecular formula is C21H17F4N3O3. The normalized spacial score (nSPS) is 12.5. The molecule has 0 fully saturated rings. The van der Waals surface area contributed by atoms with Gasteiger partial charge in [-0.25, -0.2) is 4.39 Å². The Hall–Kier alpha value is -3.53. The smallest absolute Gasteiger partial charge is 0.394 e. The number of aliphatic hydroxyl groups excluding tert-OH is 1. The summed E-state index contributed by atoms with van der Waals surface area (Å²) in [4.78, 5) is 25.4. The molecule has 0 saturated heterocycles. The number of aliphatic hydroxyl groups is 1. The van der Waals surface area contributed by atoms with Crippen LogP contribution in [0.15, 0.2) is 59.4 Å². The van der Waals surface area contributed by atoms with Crippen LogP contribution in [-0.4, -0.2) is 33.4 Å². The van der Waals surface area contributed by atoms with Crippen LogP contribution >= 0.6 is 0 Å². The highest BCUT2D eigenvalue weighted by Crippen LogP contribution is 2.30. The van der Waals surface area contributed by atoms with Crippen molar-refractivity contribution in [2.45, 2.75) is 19.1 Å². The molecule has 6 nitrogen and oxygen atoms in total. The average Bonchev–Trinajstić information content (AvgIpc) is 2.73. The summed E-state index contributed by atoms with van der Waals surface area (Å²) >= 11 is 0. The lowest BCUT2D eigenvalue weighted by atomic mass is 10.1. The van der Waals surface area contributed by atoms with E-state index in [4.69, 9.17) is 5.11 Å². The summed E-state index contributed by atoms with van der Waals surface area (Å²) in [7, 11) is 0. The molecule has 0 radical (unpaired) electrons. The van der Waals surface area contributed by atoms with Gasteiger partial charge in [0.2, 0.25) is 0 Å². The predicted octanol–water partition coefficient (Wildman–Crippen LogP) is 3.17. The minimum Gasteiger partial charge on any atom is -0.394 e. The van der Waals surface area contributed by atoms with Crippen LogP contribution in [0.2, 0.25) is 0 Å². The van der Waals surface area contributed by atoms with Crippen molar-refractivity contribution in [1.82, 2.24) is 15.1 Å². The Morgan fingerprint density at radius 3 is 2.42 bits per heavy atom. The van der Waals surface area contributed by atoms with Crippen LogP contribution < -0.4 is 10.9 Å². The third-order valence-electron chi connectivity index (χ3n) is 4.37. The highest BCUT2D eigenvalue weighted by atomic mass is 19.4. The second kappa shape index (κ2) is 8.68. The summed E-state index contributed by atoms with van der Waals surface area (Å²) in [6.45, 7) is 1.14. The minimum atomic E-state index is -4.53. The van der Waals surface area contributed by atoms with Crippen molar-refractivity contribution >= 4 is 5.91 Å². The number of aromatic nitrogens is 2. The highest BCUT2D eigenvalue weighted by Gasteiger charge is 2.30. The van der Waals surface area contributed by atoms with Gasteiger partial charge in [0.1, 0.15) is 11.4 Å². The first kappa shape index (κ1) is 22.2. The van der Waals surface area contributed by atoms with Crippen molar-refractivity contribution in [2.75, 3.05) is 6.61 Å². The van der Waals surface area contributed by atoms with Crippen LogP contribution in [-0.2, 0) is 6.18 Å². The van der Waals surface area contributed by atoms with Crippen LogP contribution in [0.3, 0.4) is 0 Å². The molecule has 0 spiro atoms. The monoisotopic (exact) mass is 435 g/mol. The SMILES string of the molecule is C[C@H](CO)NC(=O)c1cc(-c2ccc(C(F)(F)F)cc2)nn(-c2cccc(F)c2)c1=O. The Bertz CT molecular complexity index is 1160. The van der Waals surface area contributed by atoms with E-state index >= 15 is 0 Å². The largest absolute Gasteiger partial charge is 0.416 e. The molecule has 0 aliphatic carbocycles. The van der Waals surface area contributed by atoms with Crippen molar-refractivity contribution in [3.8, 4) is 16.9 Å². The van der Waals surface area contributed by atoms with Gasteiger partial charge in [0, 0.05) is 11.6 Å². The summed E-state index contributed by atoms with van der Waals surface area (Å²) in [5.74, 6) is -1.46. The number of benzene rings is 2. The molecular weight excluding hydrogens is 418 g/mol. The summed E-state index contributed by atoms with van der Waals surface area (Å²) in [6.07, 6.45) is -4.53. The Labute approximate surface area is 173 Å². The Balaban J connectivity index is 2.17. The minimum absolute atomic E-state index is 0.0272. The lowest BCUT2D eigenvalue weighted by molar-refractivity contribution is -0.137. The number of hydrogen-bond donors (Lipinski definition) is 2. The zero-order valence-electron chi connectivity index (χ0n) is 16.2. The molecule has 3 aromatic rings. The molecule has 2 N–H and O–H groups in total. The van der Waals surface area contributed by atoms with E-state index in [-0.39, 0.29) is 29.1 Å². The molecule has 0 aliphatic rings. The highest BCUT2D eigenvalue weighted by molar-refractivity contribution is 5.95. The molecule has 0 bridgehead atoms. The van der Waals surface area contributed by atoms with Gasteiger partial charge in [-0.2, -0.15) is 23.0 Å². The molecule has 10 heteroatoms. The topological polar surface area (TPSA) is 84.2 Å². The maximum atomic E-state index is 13.7. The van der Waals surface area contributed by atoms with Gasteiger partial charge in [-0.1, -0.05) is 18.2 Å². The van der Waals surface area contributed by atoms with Gasteiger partial charge in [0.25, 0.3) is 11.5 Å². The third kappa shape index (κ3) is 4.97. The van der Waals surface area contributed by atoms with E-state index in [1.165, 1.54) is 19.1 Å². The van der Waals surface area contributed by atoms with Crippen LogP contribution in [0.5, 0.6) is 0 Å². The second-order valence-corrected chi connectivity index (χ2v) is 6.77. The van der Waals surface area contributed by atoms with Crippen molar-refractivity contribution < 1.29 is 27.5 Å². The molecule has 0 aliphatic heterocycles. The van der Waals surface area contributed by atoms with Gasteiger partial charge in [0.15, 0.2) is 0 Å². The van der Waals surface area contributed by atoms with Crippen molar-refractivity contribution in [1.29, 1.82) is 0 Å². The van der Waals surface area contributed by atoms with Crippen molar-refractivity contribution in [3.63, 3.8) is 0 Å². The third-order valence-corrected chi connectivity index (χ3v) is 4.37. The lowest BCUT2D eigenvalue weighted by Crippen LogP contribution is -2.39. The van der Waals surface area contributed by atoms with E-state index in [0.717, 1.165) is 47.1 Å². The van der Waals surface area contributed by atoms with E-state index in [1.807, 2.05) is 0 Å². The number of nitrogens with zero attached hydrogens (tertiary/aromatic N) is 2. The quantitative estimate of drug-likeness (QED) is 0.603. The fourth-order valence-electron chi connectivity index (χ4n) is 2.76. The fraction of sp³-hybridized carbons (Fsp3) is 0.190. The zero-order chi connectivity index (χ0) is 22.8. The van der Waals surface area contributed by atoms with E-state index in [0.29, 0.717) is 0 Å². The van der Waals surface area contributed by atoms with E-state index in [1.54, 1.807) is 0 Å². The van der Waals surface area contributed by atoms with Gasteiger partial charge in [-0.3, -0.25) is 9.59 Å². The van der Waals surface area contributed by atoms with E-state index in [2.05, 4.69) is 10.4 Å². The fourth-order valence-corrected chi connectivity index (χ4v) is 2.76. The van der Waals surface area contributed by atoms with E-state index in [9.17, 15) is 27.2 Å². The molecule has 1 heterocycles. The number of amides is 1. The van der Waals surface area contributed by atoms with Gasteiger partial charge in [0.05, 0.1) is 23.6 Å². The second-order valence-electron chi connectivity index (χ2n) is 6.77. The first-order valence-corrected chi connectivity index (χ1v) is 9.10. The summed E-state index contributed by atoms with van der Waals surface area (Å²) < 4.78 is 53.0. The van der Waals surface area contributed by atoms with Crippen LogP contribution in [0.25, 0.3) is 16.9 Å². The standard InChI is InChI=1S/C21H17F4N3O3/c1-12(11-29)26-19(30)17-10-18(13-5-7-14(8-6-13)21(23,24)25)27-28(20(17)31)16-4-2-3-15(22)9-16/h2-10,12,29H,11H2,1H3,(H,26,30)/t12-/m1/s1. The summed E-state index contributed by atoms with van der Waals surface area (Å²) in [5.41, 5.74) is -1.83. The number of halogens is 4. The molecule has 1 amide bonds. The van der Waals surface area contributed by atoms with Crippen molar-refractivity contribution in [2.24, 2.45) is 0 Å². The molecule has 31 heavy (non-hydrogen) atoms. The Morgan fingerprint density at radius 2 is 1.84 bits per heavy atom. The maximum absolute atomic E-state index is 13.7. The molecule has 0 saturated carbocycles. The van der Waals surface area contributed by atoms with Crippen LogP contribution in [0.1, 0.15) is 22.8 Å². The number of hydrogen-bond acceptors (Lipinski definition) is 4. The van der Waals surface area contributed by atoms with Gasteiger partial charge < -0.3 is 10.4 Å². The van der Waals surface area contributed by atoms with Gasteiger partial charge in [-0.15, -0.1) is 0 Å². The van der Waals surface area contributed by atoms with Crippen LogP contribution in [0, 0.1) is 5.82 Å². The molecule has 0 unspecified atom stereocenters. The molecule has 162 valence electrons. The average molecular weight is 435 g/mol. The number of nitrogens with one attached hydrogen (secondary N) is 1. The summed E-state index contributed by atoms with van der Waals surface area (Å²) in [6, 6.07) is 9.42. The predicted molar refractivity (Wildman–Crippen MR) is 104 cm³/mol. The van der Waals surface area contributed by atoms with Crippen LogP contribution in [0.4, 0.5) is 17.6 Å². The molecule has 2 aromatic carbocycles. The molecule has 1 aromatic heterocycles. The lowest BCUT2D eigenvalue weighted by Gasteiger charge is -2.14. The first-order valence-electron chi connectivity index (χ1n) is 9.10. The van der Waals surface area contributed by atoms with Gasteiger partial charge >= 0.3 is 6.18 Å². The number of carbonyl (C=O) groups is 1. The summed E-state index contributed by atoms with van der Waals surface area (Å²) in [5, 5.41) is 15.7. The van der Waals surface area contributed by atoms with Crippen molar-refractivity contribution in [3.05, 3.63) is 81.9 Å². The Morgan fingerprint density at radius 1 is 1.16 bits per heavy atom. The number of rotatable bonds is 5.